The number of fused-ring (bicyclic) bond motifs is 1. The van der Waals surface area contributed by atoms with Crippen molar-refractivity contribution >= 4 is 22.8 Å². The maximum Gasteiger partial charge on any atom is 0.326 e. The highest BCUT2D eigenvalue weighted by molar-refractivity contribution is 5.87. The van der Waals surface area contributed by atoms with E-state index in [0.29, 0.717) is 16.5 Å². The second-order valence-corrected chi connectivity index (χ2v) is 7.95. The number of aromatic nitrogens is 2. The van der Waals surface area contributed by atoms with Crippen molar-refractivity contribution in [2.45, 2.75) is 24.9 Å². The number of rotatable bonds is 8. The van der Waals surface area contributed by atoms with Crippen LogP contribution in [0.25, 0.3) is 10.9 Å². The molecule has 4 aromatic rings. The van der Waals surface area contributed by atoms with Crippen molar-refractivity contribution in [2.75, 3.05) is 0 Å². The Bertz CT molecular complexity index is 1370. The minimum absolute atomic E-state index is 0.0181. The lowest BCUT2D eigenvalue weighted by Gasteiger charge is -2.22. The first-order valence-corrected chi connectivity index (χ1v) is 10.7. The van der Waals surface area contributed by atoms with Crippen molar-refractivity contribution in [1.29, 1.82) is 0 Å². The third kappa shape index (κ3) is 5.12. The number of phenolic OH excluding ortho intramolecular Hbond substituents is 1. The molecule has 4 rings (SSSR count). The van der Waals surface area contributed by atoms with Gasteiger partial charge in [0.1, 0.15) is 17.8 Å². The molecule has 0 fully saturated rings. The fraction of sp³-hybridized carbons (Fsp3) is 0.154. The topological polar surface area (TPSA) is 122 Å². The summed E-state index contributed by atoms with van der Waals surface area (Å²) in [6, 6.07) is 19.9. The SMILES string of the molecule is O=C(O)C(Cc1ccc(O)cc1)NC(=O)C(Cc1ccccc1)n1cnc2ccccc2c1=O. The molecule has 0 spiro atoms. The lowest BCUT2D eigenvalue weighted by molar-refractivity contribution is -0.142. The van der Waals surface area contributed by atoms with Crippen LogP contribution in [-0.4, -0.2) is 37.7 Å². The quantitative estimate of drug-likeness (QED) is 0.374. The van der Waals surface area contributed by atoms with E-state index in [1.54, 1.807) is 36.4 Å². The number of nitrogens with zero attached hydrogens (tertiary/aromatic N) is 2. The first-order valence-electron chi connectivity index (χ1n) is 10.7. The minimum Gasteiger partial charge on any atom is -0.508 e. The highest BCUT2D eigenvalue weighted by Gasteiger charge is 2.28. The smallest absolute Gasteiger partial charge is 0.326 e. The van der Waals surface area contributed by atoms with Gasteiger partial charge in [0.05, 0.1) is 17.2 Å². The zero-order chi connectivity index (χ0) is 24.1. The van der Waals surface area contributed by atoms with Crippen LogP contribution in [0.2, 0.25) is 0 Å². The van der Waals surface area contributed by atoms with Crippen molar-refractivity contribution in [2.24, 2.45) is 0 Å². The predicted octanol–water partition coefficient (Wildman–Crippen LogP) is 2.70. The molecule has 1 aromatic heterocycles. The van der Waals surface area contributed by atoms with Crippen molar-refractivity contribution in [3.63, 3.8) is 0 Å². The predicted molar refractivity (Wildman–Crippen MR) is 127 cm³/mol. The first-order chi connectivity index (χ1) is 16.4. The Labute approximate surface area is 195 Å². The third-order valence-electron chi connectivity index (χ3n) is 5.59. The summed E-state index contributed by atoms with van der Waals surface area (Å²) in [5, 5.41) is 22.1. The van der Waals surface area contributed by atoms with Crippen molar-refractivity contribution < 1.29 is 19.8 Å². The van der Waals surface area contributed by atoms with Crippen LogP contribution in [-0.2, 0) is 22.4 Å². The van der Waals surface area contributed by atoms with Crippen molar-refractivity contribution in [1.82, 2.24) is 14.9 Å². The van der Waals surface area contributed by atoms with Gasteiger partial charge in [-0.2, -0.15) is 0 Å². The Balaban J connectivity index is 1.67. The van der Waals surface area contributed by atoms with E-state index >= 15 is 0 Å². The van der Waals surface area contributed by atoms with E-state index in [1.165, 1.54) is 23.0 Å². The van der Waals surface area contributed by atoms with Gasteiger partial charge in [-0.3, -0.25) is 14.2 Å². The molecule has 3 aromatic carbocycles. The number of aromatic hydroxyl groups is 1. The van der Waals surface area contributed by atoms with E-state index in [4.69, 9.17) is 0 Å². The highest BCUT2D eigenvalue weighted by Crippen LogP contribution is 2.17. The Morgan fingerprint density at radius 2 is 1.53 bits per heavy atom. The standard InChI is InChI=1S/C26H23N3O5/c30-19-12-10-18(11-13-19)14-22(26(33)34)28-24(31)23(15-17-6-2-1-3-7-17)29-16-27-21-9-5-4-8-20(21)25(29)32/h1-13,16,22-23,30H,14-15H2,(H,28,31)(H,33,34). The summed E-state index contributed by atoms with van der Waals surface area (Å²) in [5.74, 6) is -1.75. The van der Waals surface area contributed by atoms with E-state index in [9.17, 15) is 24.6 Å². The highest BCUT2D eigenvalue weighted by atomic mass is 16.4. The van der Waals surface area contributed by atoms with Gasteiger partial charge < -0.3 is 15.5 Å². The maximum atomic E-state index is 13.4. The number of para-hydroxylation sites is 1. The number of carboxylic acids is 1. The van der Waals surface area contributed by atoms with Crippen LogP contribution in [0.4, 0.5) is 0 Å². The number of carbonyl (C=O) groups is 2. The molecule has 0 saturated heterocycles. The number of amides is 1. The number of phenols is 1. The minimum atomic E-state index is -1.22. The van der Waals surface area contributed by atoms with Crippen LogP contribution in [0.5, 0.6) is 5.75 Å². The van der Waals surface area contributed by atoms with Crippen LogP contribution < -0.4 is 10.9 Å². The molecular weight excluding hydrogens is 434 g/mol. The molecule has 0 aliphatic rings. The monoisotopic (exact) mass is 457 g/mol. The van der Waals surface area contributed by atoms with E-state index in [2.05, 4.69) is 10.3 Å². The Hall–Kier alpha value is -4.46. The second kappa shape index (κ2) is 9.99. The molecule has 1 amide bonds. The average molecular weight is 457 g/mol. The number of carboxylic acid groups (broad SMARTS) is 1. The van der Waals surface area contributed by atoms with Crippen molar-refractivity contribution in [3.8, 4) is 5.75 Å². The molecule has 2 atom stereocenters. The number of nitrogens with one attached hydrogen (secondary N) is 1. The van der Waals surface area contributed by atoms with Gasteiger partial charge in [0.15, 0.2) is 0 Å². The van der Waals surface area contributed by atoms with Crippen LogP contribution >= 0.6 is 0 Å². The molecule has 0 aliphatic heterocycles. The second-order valence-electron chi connectivity index (χ2n) is 7.95. The lowest BCUT2D eigenvalue weighted by atomic mass is 10.0. The van der Waals surface area contributed by atoms with E-state index in [-0.39, 0.29) is 24.2 Å². The van der Waals surface area contributed by atoms with E-state index in [0.717, 1.165) is 5.56 Å². The Morgan fingerprint density at radius 1 is 0.882 bits per heavy atom. The molecular formula is C26H23N3O5. The van der Waals surface area contributed by atoms with Gasteiger partial charge >= 0.3 is 5.97 Å². The molecule has 0 bridgehead atoms. The number of hydrogen-bond donors (Lipinski definition) is 3. The summed E-state index contributed by atoms with van der Waals surface area (Å²) in [6.07, 6.45) is 1.52. The van der Waals surface area contributed by atoms with E-state index < -0.39 is 24.0 Å². The molecule has 8 heteroatoms. The Kier molecular flexibility index (Phi) is 6.68. The third-order valence-corrected chi connectivity index (χ3v) is 5.59. The van der Waals surface area contributed by atoms with Gasteiger partial charge in [0, 0.05) is 12.8 Å². The van der Waals surface area contributed by atoms with Gasteiger partial charge in [0.2, 0.25) is 5.91 Å². The summed E-state index contributed by atoms with van der Waals surface area (Å²) < 4.78 is 1.25. The molecule has 0 radical (unpaired) electrons. The molecule has 34 heavy (non-hydrogen) atoms. The van der Waals surface area contributed by atoms with Crippen LogP contribution in [0.1, 0.15) is 17.2 Å². The van der Waals surface area contributed by atoms with Gasteiger partial charge in [0.25, 0.3) is 5.56 Å². The zero-order valence-corrected chi connectivity index (χ0v) is 18.2. The molecule has 3 N–H and O–H groups in total. The van der Waals surface area contributed by atoms with Crippen LogP contribution in [0.3, 0.4) is 0 Å². The number of benzene rings is 3. The first kappa shape index (κ1) is 22.7. The molecule has 172 valence electrons. The molecule has 1 heterocycles. The van der Waals surface area contributed by atoms with Gasteiger partial charge in [-0.1, -0.05) is 54.6 Å². The fourth-order valence-corrected chi connectivity index (χ4v) is 3.80. The summed E-state index contributed by atoms with van der Waals surface area (Å²) >= 11 is 0. The Morgan fingerprint density at radius 3 is 2.24 bits per heavy atom. The zero-order valence-electron chi connectivity index (χ0n) is 18.2. The number of hydrogen-bond acceptors (Lipinski definition) is 5. The van der Waals surface area contributed by atoms with Gasteiger partial charge in [-0.05, 0) is 35.4 Å². The van der Waals surface area contributed by atoms with Crippen LogP contribution in [0, 0.1) is 0 Å². The number of aliphatic carboxylic acids is 1. The van der Waals surface area contributed by atoms with Crippen molar-refractivity contribution in [3.05, 3.63) is 107 Å². The molecule has 0 aliphatic carbocycles. The maximum absolute atomic E-state index is 13.4. The molecule has 2 unspecified atom stereocenters. The van der Waals surface area contributed by atoms with Gasteiger partial charge in [-0.25, -0.2) is 9.78 Å². The summed E-state index contributed by atoms with van der Waals surface area (Å²) in [7, 11) is 0. The average Bonchev–Trinajstić information content (AvgIpc) is 2.84. The molecule has 0 saturated carbocycles. The normalized spacial score (nSPS) is 12.7. The number of carbonyl (C=O) groups excluding carboxylic acids is 1. The van der Waals surface area contributed by atoms with E-state index in [1.807, 2.05) is 30.3 Å². The summed E-state index contributed by atoms with van der Waals surface area (Å²) in [5.41, 5.74) is 1.58. The largest absolute Gasteiger partial charge is 0.508 e. The van der Waals surface area contributed by atoms with Crippen LogP contribution in [0.15, 0.2) is 90.0 Å². The van der Waals surface area contributed by atoms with Gasteiger partial charge in [-0.15, -0.1) is 0 Å². The molecule has 8 nitrogen and oxygen atoms in total. The summed E-state index contributed by atoms with van der Waals surface area (Å²) in [6.45, 7) is 0. The lowest BCUT2D eigenvalue weighted by Crippen LogP contribution is -2.47. The fourth-order valence-electron chi connectivity index (χ4n) is 3.80. The summed E-state index contributed by atoms with van der Waals surface area (Å²) in [4.78, 5) is 42.8.